The molecule has 0 aliphatic carbocycles. The topological polar surface area (TPSA) is 29.9 Å². The first-order chi connectivity index (χ1) is 7.55. The van der Waals surface area contributed by atoms with Gasteiger partial charge in [-0.2, -0.15) is 13.2 Å². The van der Waals surface area contributed by atoms with E-state index in [9.17, 15) is 13.2 Å². The van der Waals surface area contributed by atoms with E-state index < -0.39 is 11.7 Å². The summed E-state index contributed by atoms with van der Waals surface area (Å²) in [7, 11) is 0. The maximum absolute atomic E-state index is 12.2. The predicted molar refractivity (Wildman–Crippen MR) is 52.7 cm³/mol. The van der Waals surface area contributed by atoms with Crippen LogP contribution in [-0.2, 0) is 6.18 Å². The molecule has 0 aromatic carbocycles. The van der Waals surface area contributed by atoms with E-state index in [0.717, 1.165) is 12.3 Å². The minimum Gasteiger partial charge on any atom is -0.278 e. The second-order valence-corrected chi connectivity index (χ2v) is 3.13. The Kier molecular flexibility index (Phi) is 2.55. The number of hydrogen-bond acceptors (Lipinski definition) is 2. The number of alkyl halides is 3. The van der Waals surface area contributed by atoms with Crippen LogP contribution < -0.4 is 5.43 Å². The van der Waals surface area contributed by atoms with Crippen LogP contribution in [0.1, 0.15) is 5.56 Å². The molecule has 0 radical (unpaired) electrons. The molecule has 2 heterocycles. The van der Waals surface area contributed by atoms with Gasteiger partial charge in [0, 0.05) is 18.6 Å². The first-order valence-corrected chi connectivity index (χ1v) is 4.49. The molecule has 0 unspecified atom stereocenters. The second kappa shape index (κ2) is 3.88. The summed E-state index contributed by atoms with van der Waals surface area (Å²) in [4.78, 5) is 3.67. The van der Waals surface area contributed by atoms with E-state index in [4.69, 9.17) is 0 Å². The summed E-state index contributed by atoms with van der Waals surface area (Å²) in [6, 6.07) is 5.84. The zero-order valence-electron chi connectivity index (χ0n) is 8.07. The number of pyridine rings is 1. The molecule has 16 heavy (non-hydrogen) atoms. The van der Waals surface area contributed by atoms with E-state index in [2.05, 4.69) is 10.4 Å². The van der Waals surface area contributed by atoms with Crippen molar-refractivity contribution < 1.29 is 13.2 Å². The lowest BCUT2D eigenvalue weighted by Gasteiger charge is -2.08. The fourth-order valence-electron chi connectivity index (χ4n) is 1.17. The molecule has 0 saturated carbocycles. The smallest absolute Gasteiger partial charge is 0.278 e. The lowest BCUT2D eigenvalue weighted by atomic mass is 10.3. The quantitative estimate of drug-likeness (QED) is 0.854. The third-order valence-corrected chi connectivity index (χ3v) is 1.94. The van der Waals surface area contributed by atoms with Crippen LogP contribution in [0.2, 0.25) is 0 Å². The van der Waals surface area contributed by atoms with Gasteiger partial charge in [0.2, 0.25) is 0 Å². The standard InChI is InChI=1S/C10H8F3N3/c11-10(12,13)8-3-4-9(14-7-8)15-16-5-1-2-6-16/h1-7H,(H,14,15). The highest BCUT2D eigenvalue weighted by molar-refractivity contribution is 5.35. The predicted octanol–water partition coefficient (Wildman–Crippen LogP) is 2.78. The van der Waals surface area contributed by atoms with E-state index >= 15 is 0 Å². The van der Waals surface area contributed by atoms with Crippen LogP contribution in [0.25, 0.3) is 0 Å². The van der Waals surface area contributed by atoms with E-state index in [1.54, 1.807) is 29.2 Å². The third kappa shape index (κ3) is 2.33. The number of halogens is 3. The first-order valence-electron chi connectivity index (χ1n) is 4.49. The minimum absolute atomic E-state index is 0.351. The molecule has 0 amide bonds. The Labute approximate surface area is 89.5 Å². The van der Waals surface area contributed by atoms with Gasteiger partial charge in [0.05, 0.1) is 5.56 Å². The van der Waals surface area contributed by atoms with Gasteiger partial charge < -0.3 is 0 Å². The lowest BCUT2D eigenvalue weighted by Crippen LogP contribution is -2.09. The molecule has 0 aliphatic rings. The van der Waals surface area contributed by atoms with Crippen LogP contribution in [0.5, 0.6) is 0 Å². The number of hydrogen-bond donors (Lipinski definition) is 1. The zero-order valence-corrected chi connectivity index (χ0v) is 8.07. The number of nitrogens with zero attached hydrogens (tertiary/aromatic N) is 2. The molecule has 0 fully saturated rings. The van der Waals surface area contributed by atoms with E-state index in [-0.39, 0.29) is 0 Å². The molecule has 2 rings (SSSR count). The van der Waals surface area contributed by atoms with E-state index in [0.29, 0.717) is 5.82 Å². The summed E-state index contributed by atoms with van der Waals surface area (Å²) in [5, 5.41) is 0. The zero-order chi connectivity index (χ0) is 11.6. The largest absolute Gasteiger partial charge is 0.417 e. The SMILES string of the molecule is FC(F)(F)c1ccc(Nn2cccc2)nc1. The summed E-state index contributed by atoms with van der Waals surface area (Å²) in [5.74, 6) is 0.351. The van der Waals surface area contributed by atoms with E-state index in [1.165, 1.54) is 6.07 Å². The fraction of sp³-hybridized carbons (Fsp3) is 0.100. The molecule has 0 atom stereocenters. The van der Waals surface area contributed by atoms with Crippen LogP contribution in [0.3, 0.4) is 0 Å². The molecule has 0 bridgehead atoms. The Morgan fingerprint density at radius 2 is 1.81 bits per heavy atom. The van der Waals surface area contributed by atoms with Crippen molar-refractivity contribution in [2.24, 2.45) is 0 Å². The maximum atomic E-state index is 12.2. The van der Waals surface area contributed by atoms with E-state index in [1.807, 2.05) is 0 Å². The summed E-state index contributed by atoms with van der Waals surface area (Å²) in [6.07, 6.45) is -0.108. The van der Waals surface area contributed by atoms with Gasteiger partial charge in [-0.15, -0.1) is 0 Å². The summed E-state index contributed by atoms with van der Waals surface area (Å²) < 4.78 is 38.3. The van der Waals surface area contributed by atoms with Gasteiger partial charge in [0.1, 0.15) is 5.82 Å². The average Bonchev–Trinajstić information content (AvgIpc) is 2.70. The van der Waals surface area contributed by atoms with Crippen molar-refractivity contribution in [2.75, 3.05) is 5.43 Å². The molecule has 6 heteroatoms. The van der Waals surface area contributed by atoms with Crippen molar-refractivity contribution in [2.45, 2.75) is 6.18 Å². The lowest BCUT2D eigenvalue weighted by molar-refractivity contribution is -0.137. The molecule has 1 N–H and O–H groups in total. The number of anilines is 1. The summed E-state index contributed by atoms with van der Waals surface area (Å²) >= 11 is 0. The monoisotopic (exact) mass is 227 g/mol. The maximum Gasteiger partial charge on any atom is 0.417 e. The first kappa shape index (κ1) is 10.5. The van der Waals surface area contributed by atoms with Gasteiger partial charge in [0.25, 0.3) is 0 Å². The number of nitrogens with one attached hydrogen (secondary N) is 1. The molecule has 3 nitrogen and oxygen atoms in total. The highest BCUT2D eigenvalue weighted by atomic mass is 19.4. The minimum atomic E-state index is -4.35. The summed E-state index contributed by atoms with van der Waals surface area (Å²) in [5.41, 5.74) is 2.04. The molecule has 0 aliphatic heterocycles. The van der Waals surface area contributed by atoms with Crippen molar-refractivity contribution in [3.05, 3.63) is 48.4 Å². The van der Waals surface area contributed by atoms with Crippen LogP contribution in [0, 0.1) is 0 Å². The van der Waals surface area contributed by atoms with Gasteiger partial charge in [0.15, 0.2) is 0 Å². The number of aromatic nitrogens is 2. The molecule has 2 aromatic heterocycles. The molecule has 0 spiro atoms. The highest BCUT2D eigenvalue weighted by Crippen LogP contribution is 2.28. The normalized spacial score (nSPS) is 11.4. The second-order valence-electron chi connectivity index (χ2n) is 3.13. The molecular weight excluding hydrogens is 219 g/mol. The Bertz CT molecular complexity index is 445. The Hall–Kier alpha value is -1.98. The molecule has 0 saturated heterocycles. The molecular formula is C10H8F3N3. The van der Waals surface area contributed by atoms with Crippen molar-refractivity contribution in [3.63, 3.8) is 0 Å². The molecule has 84 valence electrons. The van der Waals surface area contributed by atoms with Crippen LogP contribution in [-0.4, -0.2) is 9.66 Å². The molecule has 2 aromatic rings. The van der Waals surface area contributed by atoms with Crippen LogP contribution in [0.15, 0.2) is 42.9 Å². The van der Waals surface area contributed by atoms with Crippen molar-refractivity contribution in [1.29, 1.82) is 0 Å². The Morgan fingerprint density at radius 1 is 1.12 bits per heavy atom. The Balaban J connectivity index is 2.14. The highest BCUT2D eigenvalue weighted by Gasteiger charge is 2.30. The van der Waals surface area contributed by atoms with Gasteiger partial charge in [-0.25, -0.2) is 4.98 Å². The van der Waals surface area contributed by atoms with Crippen molar-refractivity contribution in [1.82, 2.24) is 9.66 Å². The van der Waals surface area contributed by atoms with Gasteiger partial charge in [-0.1, -0.05) is 0 Å². The Morgan fingerprint density at radius 3 is 2.31 bits per heavy atom. The fourth-order valence-corrected chi connectivity index (χ4v) is 1.17. The van der Waals surface area contributed by atoms with Gasteiger partial charge in [-0.3, -0.25) is 10.1 Å². The number of rotatable bonds is 2. The van der Waals surface area contributed by atoms with Crippen LogP contribution in [0.4, 0.5) is 19.0 Å². The van der Waals surface area contributed by atoms with Gasteiger partial charge >= 0.3 is 6.18 Å². The van der Waals surface area contributed by atoms with Gasteiger partial charge in [-0.05, 0) is 24.3 Å². The average molecular weight is 227 g/mol. The van der Waals surface area contributed by atoms with Crippen molar-refractivity contribution in [3.8, 4) is 0 Å². The third-order valence-electron chi connectivity index (χ3n) is 1.94. The summed E-state index contributed by atoms with van der Waals surface area (Å²) in [6.45, 7) is 0. The van der Waals surface area contributed by atoms with Crippen LogP contribution >= 0.6 is 0 Å². The van der Waals surface area contributed by atoms with Crippen molar-refractivity contribution >= 4 is 5.82 Å².